The predicted octanol–water partition coefficient (Wildman–Crippen LogP) is 12.3. The van der Waals surface area contributed by atoms with Crippen molar-refractivity contribution in [1.82, 2.24) is 4.57 Å². The first-order valence-corrected chi connectivity index (χ1v) is 16.3. The Kier molecular flexibility index (Phi) is 4.81. The first kappa shape index (κ1) is 23.6. The molecule has 3 aromatic heterocycles. The van der Waals surface area contributed by atoms with Gasteiger partial charge < -0.3 is 4.57 Å². The Morgan fingerprint density at radius 3 is 2.16 bits per heavy atom. The lowest BCUT2D eigenvalue weighted by molar-refractivity contribution is 1.18. The summed E-state index contributed by atoms with van der Waals surface area (Å²) in [5.74, 6) is 0. The van der Waals surface area contributed by atoms with E-state index in [0.717, 1.165) is 0 Å². The van der Waals surface area contributed by atoms with E-state index in [-0.39, 0.29) is 0 Å². The van der Waals surface area contributed by atoms with Gasteiger partial charge in [-0.3, -0.25) is 0 Å². The summed E-state index contributed by atoms with van der Waals surface area (Å²) >= 11 is 3.71. The standard InChI is InChI=1S/C40H23NS2/c1-2-8-27(9-3-1)41-36-12-6-4-10-28(36)34-18-24(14-15-37(34)41)30-20-26-21-39-25(16-17-42-39)19-31(26)33-23-40-35(22-32(30)33)29-11-5-7-13-38(29)43-40/h1-23H. The molecule has 10 rings (SSSR count). The van der Waals surface area contributed by atoms with E-state index in [4.69, 9.17) is 0 Å². The van der Waals surface area contributed by atoms with Crippen LogP contribution in [0.4, 0.5) is 0 Å². The van der Waals surface area contributed by atoms with E-state index in [2.05, 4.69) is 143 Å². The molecule has 3 heterocycles. The summed E-state index contributed by atoms with van der Waals surface area (Å²) < 4.78 is 6.41. The highest BCUT2D eigenvalue weighted by Crippen LogP contribution is 2.44. The Morgan fingerprint density at radius 2 is 1.23 bits per heavy atom. The molecule has 0 aliphatic carbocycles. The summed E-state index contributed by atoms with van der Waals surface area (Å²) in [4.78, 5) is 0. The van der Waals surface area contributed by atoms with Gasteiger partial charge in [0.05, 0.1) is 11.0 Å². The molecule has 0 bridgehead atoms. The van der Waals surface area contributed by atoms with Crippen molar-refractivity contribution < 1.29 is 0 Å². The number of hydrogen-bond acceptors (Lipinski definition) is 2. The van der Waals surface area contributed by atoms with Gasteiger partial charge in [0.1, 0.15) is 0 Å². The van der Waals surface area contributed by atoms with Gasteiger partial charge in [0.15, 0.2) is 0 Å². The van der Waals surface area contributed by atoms with Gasteiger partial charge >= 0.3 is 0 Å². The Morgan fingerprint density at radius 1 is 0.419 bits per heavy atom. The summed E-state index contributed by atoms with van der Waals surface area (Å²) in [5, 5.41) is 14.0. The van der Waals surface area contributed by atoms with Crippen LogP contribution in [0.3, 0.4) is 0 Å². The smallest absolute Gasteiger partial charge is 0.0541 e. The van der Waals surface area contributed by atoms with E-state index >= 15 is 0 Å². The Bertz CT molecular complexity index is 2720. The molecule has 10 aromatic rings. The van der Waals surface area contributed by atoms with Gasteiger partial charge in [-0.1, -0.05) is 60.7 Å². The maximum Gasteiger partial charge on any atom is 0.0541 e. The van der Waals surface area contributed by atoms with E-state index < -0.39 is 0 Å². The molecule has 0 radical (unpaired) electrons. The van der Waals surface area contributed by atoms with Gasteiger partial charge in [-0.2, -0.15) is 0 Å². The fourth-order valence-electron chi connectivity index (χ4n) is 7.06. The number of hydrogen-bond donors (Lipinski definition) is 0. The molecule has 0 aliphatic heterocycles. The van der Waals surface area contributed by atoms with Crippen molar-refractivity contribution >= 4 is 96.3 Å². The molecule has 0 spiro atoms. The fraction of sp³-hybridized carbons (Fsp3) is 0. The van der Waals surface area contributed by atoms with Crippen LogP contribution in [0.5, 0.6) is 0 Å². The van der Waals surface area contributed by atoms with E-state index in [1.807, 2.05) is 22.7 Å². The molecule has 0 saturated heterocycles. The van der Waals surface area contributed by atoms with Crippen molar-refractivity contribution in [2.75, 3.05) is 0 Å². The maximum atomic E-state index is 2.45. The summed E-state index contributed by atoms with van der Waals surface area (Å²) in [6.45, 7) is 0. The van der Waals surface area contributed by atoms with Crippen LogP contribution in [0.15, 0.2) is 139 Å². The highest BCUT2D eigenvalue weighted by molar-refractivity contribution is 7.25. The Labute approximate surface area is 255 Å². The zero-order chi connectivity index (χ0) is 28.1. The summed E-state index contributed by atoms with van der Waals surface area (Å²) in [6, 6.07) is 49.7. The summed E-state index contributed by atoms with van der Waals surface area (Å²) in [7, 11) is 0. The molecule has 0 amide bonds. The van der Waals surface area contributed by atoms with Crippen LogP contribution in [-0.4, -0.2) is 4.57 Å². The third-order valence-electron chi connectivity index (χ3n) is 9.02. The first-order valence-electron chi connectivity index (χ1n) is 14.6. The molecule has 43 heavy (non-hydrogen) atoms. The van der Waals surface area contributed by atoms with Crippen LogP contribution in [0.25, 0.3) is 90.4 Å². The molecule has 0 saturated carbocycles. The second kappa shape index (κ2) is 8.78. The van der Waals surface area contributed by atoms with Crippen molar-refractivity contribution in [3.8, 4) is 16.8 Å². The monoisotopic (exact) mass is 581 g/mol. The van der Waals surface area contributed by atoms with Crippen LogP contribution in [0, 0.1) is 0 Å². The van der Waals surface area contributed by atoms with E-state index in [1.165, 1.54) is 90.4 Å². The van der Waals surface area contributed by atoms with Crippen molar-refractivity contribution in [2.24, 2.45) is 0 Å². The lowest BCUT2D eigenvalue weighted by atomic mass is 9.91. The molecule has 0 N–H and O–H groups in total. The molecule has 3 heteroatoms. The highest BCUT2D eigenvalue weighted by atomic mass is 32.1. The van der Waals surface area contributed by atoms with Gasteiger partial charge in [-0.25, -0.2) is 0 Å². The number of rotatable bonds is 2. The first-order chi connectivity index (χ1) is 21.3. The molecule has 7 aromatic carbocycles. The largest absolute Gasteiger partial charge is 0.309 e. The Balaban J connectivity index is 1.33. The van der Waals surface area contributed by atoms with Gasteiger partial charge in [0, 0.05) is 41.3 Å². The van der Waals surface area contributed by atoms with Crippen LogP contribution in [0.2, 0.25) is 0 Å². The number of thiophene rings is 2. The second-order valence-electron chi connectivity index (χ2n) is 11.4. The SMILES string of the molecule is c1ccc(-n2c3ccccc3c3cc(-c4cc5cc6sccc6cc5c5cc6sc7ccccc7c6cc45)ccc32)cc1. The molecule has 1 nitrogen and oxygen atoms in total. The molecular weight excluding hydrogens is 559 g/mol. The quantitative estimate of drug-likeness (QED) is 0.179. The summed E-state index contributed by atoms with van der Waals surface area (Å²) in [5.41, 5.74) is 6.18. The van der Waals surface area contributed by atoms with Gasteiger partial charge in [-0.15, -0.1) is 22.7 Å². The highest BCUT2D eigenvalue weighted by Gasteiger charge is 2.17. The maximum absolute atomic E-state index is 2.45. The average molecular weight is 582 g/mol. The van der Waals surface area contributed by atoms with Crippen molar-refractivity contribution in [3.63, 3.8) is 0 Å². The fourth-order valence-corrected chi connectivity index (χ4v) is 9.01. The Hall–Kier alpha value is -4.96. The number of para-hydroxylation sites is 2. The van der Waals surface area contributed by atoms with Crippen LogP contribution in [0.1, 0.15) is 0 Å². The average Bonchev–Trinajstić information content (AvgIpc) is 3.76. The van der Waals surface area contributed by atoms with Gasteiger partial charge in [-0.05, 0) is 116 Å². The molecular formula is C40H23NS2. The molecule has 0 atom stereocenters. The normalized spacial score (nSPS) is 12.2. The van der Waals surface area contributed by atoms with Crippen LogP contribution >= 0.6 is 22.7 Å². The van der Waals surface area contributed by atoms with E-state index in [1.54, 1.807) is 0 Å². The number of fused-ring (bicyclic) bond motifs is 10. The summed E-state index contributed by atoms with van der Waals surface area (Å²) in [6.07, 6.45) is 0. The van der Waals surface area contributed by atoms with Gasteiger partial charge in [0.25, 0.3) is 0 Å². The minimum Gasteiger partial charge on any atom is -0.309 e. The van der Waals surface area contributed by atoms with E-state index in [0.29, 0.717) is 0 Å². The zero-order valence-corrected chi connectivity index (χ0v) is 24.7. The van der Waals surface area contributed by atoms with Crippen molar-refractivity contribution in [3.05, 3.63) is 139 Å². The lowest BCUT2D eigenvalue weighted by Crippen LogP contribution is -1.93. The second-order valence-corrected chi connectivity index (χ2v) is 13.4. The minimum atomic E-state index is 1.18. The number of aromatic nitrogens is 1. The minimum absolute atomic E-state index is 1.18. The van der Waals surface area contributed by atoms with E-state index in [9.17, 15) is 0 Å². The lowest BCUT2D eigenvalue weighted by Gasteiger charge is -2.13. The van der Waals surface area contributed by atoms with Gasteiger partial charge in [0.2, 0.25) is 0 Å². The number of benzene rings is 7. The molecule has 0 unspecified atom stereocenters. The molecule has 200 valence electrons. The van der Waals surface area contributed by atoms with Crippen molar-refractivity contribution in [2.45, 2.75) is 0 Å². The molecule has 0 aliphatic rings. The zero-order valence-electron chi connectivity index (χ0n) is 23.0. The topological polar surface area (TPSA) is 4.93 Å². The third kappa shape index (κ3) is 3.38. The van der Waals surface area contributed by atoms with Crippen LogP contribution in [-0.2, 0) is 0 Å². The molecule has 0 fully saturated rings. The van der Waals surface area contributed by atoms with Crippen molar-refractivity contribution in [1.29, 1.82) is 0 Å². The third-order valence-corrected chi connectivity index (χ3v) is 11.0. The van der Waals surface area contributed by atoms with Crippen LogP contribution < -0.4 is 0 Å². The predicted molar refractivity (Wildman–Crippen MR) is 190 cm³/mol. The number of nitrogens with zero attached hydrogens (tertiary/aromatic N) is 1.